The van der Waals surface area contributed by atoms with Crippen molar-refractivity contribution < 1.29 is 9.47 Å². The number of aromatic amines is 1. The molecule has 0 fully saturated rings. The number of imidazole rings is 1. The van der Waals surface area contributed by atoms with Gasteiger partial charge in [0.1, 0.15) is 13.2 Å². The minimum atomic E-state index is 0.601. The van der Waals surface area contributed by atoms with Gasteiger partial charge in [-0.25, -0.2) is 4.98 Å². The average molecular weight is 219 g/mol. The number of H-pyrrole nitrogens is 1. The summed E-state index contributed by atoms with van der Waals surface area (Å²) in [5.74, 6) is 2.39. The molecule has 0 bridgehead atoms. The Kier molecular flexibility index (Phi) is 1.92. The van der Waals surface area contributed by atoms with Crippen LogP contribution >= 0.6 is 0 Å². The van der Waals surface area contributed by atoms with Crippen LogP contribution in [0, 0.1) is 0 Å². The van der Waals surface area contributed by atoms with Crippen LogP contribution in [0.15, 0.2) is 12.1 Å². The van der Waals surface area contributed by atoms with Crippen molar-refractivity contribution >= 4 is 17.0 Å². The standard InChI is InChI=1S/C11H13N3O2/c1-14(2)11-12-7-5-9-10(6-8(7)13-11)16-4-3-15-9/h5-6H,3-4H2,1-2H3,(H,12,13). The molecule has 0 unspecified atom stereocenters. The van der Waals surface area contributed by atoms with Gasteiger partial charge in [0.15, 0.2) is 11.5 Å². The van der Waals surface area contributed by atoms with E-state index >= 15 is 0 Å². The normalized spacial score (nSPS) is 14.1. The third-order valence-corrected chi connectivity index (χ3v) is 2.56. The van der Waals surface area contributed by atoms with E-state index in [1.165, 1.54) is 0 Å². The summed E-state index contributed by atoms with van der Waals surface area (Å²) < 4.78 is 11.0. The van der Waals surface area contributed by atoms with Crippen LogP contribution in [-0.2, 0) is 0 Å². The second-order valence-electron chi connectivity index (χ2n) is 3.97. The lowest BCUT2D eigenvalue weighted by Crippen LogP contribution is -2.15. The number of ether oxygens (including phenoxy) is 2. The van der Waals surface area contributed by atoms with E-state index in [0.717, 1.165) is 28.5 Å². The highest BCUT2D eigenvalue weighted by atomic mass is 16.6. The first-order valence-corrected chi connectivity index (χ1v) is 5.21. The van der Waals surface area contributed by atoms with Crippen molar-refractivity contribution in [3.63, 3.8) is 0 Å². The Hall–Kier alpha value is -1.91. The predicted molar refractivity (Wildman–Crippen MR) is 61.4 cm³/mol. The van der Waals surface area contributed by atoms with E-state index in [0.29, 0.717) is 13.2 Å². The van der Waals surface area contributed by atoms with Gasteiger partial charge in [0.05, 0.1) is 11.0 Å². The Balaban J connectivity index is 2.16. The second kappa shape index (κ2) is 3.30. The number of hydrogen-bond donors (Lipinski definition) is 1. The fourth-order valence-electron chi connectivity index (χ4n) is 1.74. The summed E-state index contributed by atoms with van der Waals surface area (Å²) in [7, 11) is 3.90. The van der Waals surface area contributed by atoms with E-state index in [2.05, 4.69) is 9.97 Å². The monoisotopic (exact) mass is 219 g/mol. The predicted octanol–water partition coefficient (Wildman–Crippen LogP) is 1.40. The lowest BCUT2D eigenvalue weighted by molar-refractivity contribution is 0.172. The zero-order valence-electron chi connectivity index (χ0n) is 9.28. The van der Waals surface area contributed by atoms with E-state index in [1.54, 1.807) is 0 Å². The molecule has 16 heavy (non-hydrogen) atoms. The maximum atomic E-state index is 5.51. The highest BCUT2D eigenvalue weighted by Crippen LogP contribution is 2.34. The minimum absolute atomic E-state index is 0.601. The van der Waals surface area contributed by atoms with Gasteiger partial charge in [0.2, 0.25) is 5.95 Å². The molecule has 0 saturated heterocycles. The molecule has 1 aromatic carbocycles. The van der Waals surface area contributed by atoms with Gasteiger partial charge in [0.25, 0.3) is 0 Å². The van der Waals surface area contributed by atoms with E-state index < -0.39 is 0 Å². The van der Waals surface area contributed by atoms with Crippen molar-refractivity contribution in [3.05, 3.63) is 12.1 Å². The molecular formula is C11H13N3O2. The van der Waals surface area contributed by atoms with Crippen molar-refractivity contribution in [1.82, 2.24) is 9.97 Å². The molecule has 84 valence electrons. The van der Waals surface area contributed by atoms with Crippen LogP contribution in [0.2, 0.25) is 0 Å². The molecule has 2 aromatic rings. The van der Waals surface area contributed by atoms with E-state index in [1.807, 2.05) is 31.1 Å². The summed E-state index contributed by atoms with van der Waals surface area (Å²) in [4.78, 5) is 9.61. The Morgan fingerprint density at radius 3 is 2.56 bits per heavy atom. The highest BCUT2D eigenvalue weighted by molar-refractivity contribution is 5.81. The molecule has 1 aromatic heterocycles. The highest BCUT2D eigenvalue weighted by Gasteiger charge is 2.14. The van der Waals surface area contributed by atoms with E-state index in [-0.39, 0.29) is 0 Å². The Bertz CT molecular complexity index is 490. The van der Waals surface area contributed by atoms with E-state index in [4.69, 9.17) is 9.47 Å². The molecule has 0 radical (unpaired) electrons. The molecule has 5 nitrogen and oxygen atoms in total. The molecule has 1 aliphatic rings. The smallest absolute Gasteiger partial charge is 0.203 e. The first kappa shape index (κ1) is 9.33. The molecule has 0 aliphatic carbocycles. The van der Waals surface area contributed by atoms with Gasteiger partial charge in [-0.05, 0) is 0 Å². The van der Waals surface area contributed by atoms with Crippen LogP contribution in [0.5, 0.6) is 11.5 Å². The SMILES string of the molecule is CN(C)c1nc2cc3c(cc2[nH]1)OCCO3. The molecule has 0 atom stereocenters. The number of fused-ring (bicyclic) bond motifs is 2. The maximum Gasteiger partial charge on any atom is 0.203 e. The third kappa shape index (κ3) is 1.36. The van der Waals surface area contributed by atoms with Gasteiger partial charge in [-0.2, -0.15) is 0 Å². The number of benzene rings is 1. The van der Waals surface area contributed by atoms with Crippen molar-refractivity contribution in [2.45, 2.75) is 0 Å². The van der Waals surface area contributed by atoms with Gasteiger partial charge in [-0.3, -0.25) is 0 Å². The fraction of sp³-hybridized carbons (Fsp3) is 0.364. The third-order valence-electron chi connectivity index (χ3n) is 2.56. The van der Waals surface area contributed by atoms with Crippen LogP contribution in [-0.4, -0.2) is 37.3 Å². The van der Waals surface area contributed by atoms with Crippen molar-refractivity contribution in [3.8, 4) is 11.5 Å². The Morgan fingerprint density at radius 2 is 1.88 bits per heavy atom. The summed E-state index contributed by atoms with van der Waals surface area (Å²) in [6, 6.07) is 3.84. The number of nitrogens with zero attached hydrogens (tertiary/aromatic N) is 2. The van der Waals surface area contributed by atoms with Gasteiger partial charge < -0.3 is 19.4 Å². The van der Waals surface area contributed by atoms with Gasteiger partial charge in [-0.15, -0.1) is 0 Å². The summed E-state index contributed by atoms with van der Waals surface area (Å²) in [6.45, 7) is 1.21. The quantitative estimate of drug-likeness (QED) is 0.787. The maximum absolute atomic E-state index is 5.51. The van der Waals surface area contributed by atoms with Gasteiger partial charge >= 0.3 is 0 Å². The summed E-state index contributed by atoms with van der Waals surface area (Å²) in [5, 5.41) is 0. The van der Waals surface area contributed by atoms with E-state index in [9.17, 15) is 0 Å². The largest absolute Gasteiger partial charge is 0.486 e. The van der Waals surface area contributed by atoms with Gasteiger partial charge in [0, 0.05) is 26.2 Å². The Labute approximate surface area is 93.0 Å². The molecule has 5 heteroatoms. The topological polar surface area (TPSA) is 50.4 Å². The Morgan fingerprint density at radius 1 is 1.19 bits per heavy atom. The molecule has 0 amide bonds. The number of nitrogens with one attached hydrogen (secondary N) is 1. The summed E-state index contributed by atoms with van der Waals surface area (Å²) in [5.41, 5.74) is 1.86. The van der Waals surface area contributed by atoms with Crippen LogP contribution in [0.1, 0.15) is 0 Å². The lowest BCUT2D eigenvalue weighted by Gasteiger charge is -2.17. The van der Waals surface area contributed by atoms with Gasteiger partial charge in [-0.1, -0.05) is 0 Å². The molecule has 0 saturated carbocycles. The van der Waals surface area contributed by atoms with Crippen molar-refractivity contribution in [1.29, 1.82) is 0 Å². The summed E-state index contributed by atoms with van der Waals surface area (Å²) in [6.07, 6.45) is 0. The number of hydrogen-bond acceptors (Lipinski definition) is 4. The average Bonchev–Trinajstić information content (AvgIpc) is 2.68. The van der Waals surface area contributed by atoms with Crippen LogP contribution in [0.3, 0.4) is 0 Å². The first-order chi connectivity index (χ1) is 7.74. The van der Waals surface area contributed by atoms with Crippen LogP contribution in [0.25, 0.3) is 11.0 Å². The fourth-order valence-corrected chi connectivity index (χ4v) is 1.74. The minimum Gasteiger partial charge on any atom is -0.486 e. The zero-order valence-corrected chi connectivity index (χ0v) is 9.28. The number of anilines is 1. The van der Waals surface area contributed by atoms with Crippen LogP contribution < -0.4 is 14.4 Å². The molecule has 3 rings (SSSR count). The lowest BCUT2D eigenvalue weighted by atomic mass is 10.2. The summed E-state index contributed by atoms with van der Waals surface area (Å²) >= 11 is 0. The molecular weight excluding hydrogens is 206 g/mol. The molecule has 0 spiro atoms. The first-order valence-electron chi connectivity index (χ1n) is 5.21. The van der Waals surface area contributed by atoms with Crippen molar-refractivity contribution in [2.24, 2.45) is 0 Å². The van der Waals surface area contributed by atoms with Crippen LogP contribution in [0.4, 0.5) is 5.95 Å². The second-order valence-corrected chi connectivity index (χ2v) is 3.97. The number of aromatic nitrogens is 2. The number of rotatable bonds is 1. The van der Waals surface area contributed by atoms with Crippen molar-refractivity contribution in [2.75, 3.05) is 32.2 Å². The molecule has 1 N–H and O–H groups in total. The molecule has 2 heterocycles. The molecule has 1 aliphatic heterocycles. The zero-order chi connectivity index (χ0) is 11.1.